The van der Waals surface area contributed by atoms with E-state index in [0.717, 1.165) is 36.5 Å². The first-order valence-electron chi connectivity index (χ1n) is 10.1. The molecule has 2 aromatic rings. The number of hydrogen-bond donors (Lipinski definition) is 2. The summed E-state index contributed by atoms with van der Waals surface area (Å²) in [5.41, 5.74) is 11.4. The molecule has 2 N–H and O–H groups in total. The summed E-state index contributed by atoms with van der Waals surface area (Å²) in [7, 11) is 0. The second kappa shape index (κ2) is 10.1. The molecule has 1 aliphatic heterocycles. The van der Waals surface area contributed by atoms with Gasteiger partial charge in [0.05, 0.1) is 28.2 Å². The topological polar surface area (TPSA) is 39.7 Å². The first kappa shape index (κ1) is 21.7. The zero-order valence-electron chi connectivity index (χ0n) is 17.0. The Bertz CT molecular complexity index is 877. The van der Waals surface area contributed by atoms with Gasteiger partial charge in [-0.1, -0.05) is 79.4 Å². The van der Waals surface area contributed by atoms with Crippen molar-refractivity contribution in [3.8, 4) is 0 Å². The Hall–Kier alpha value is -2.01. The van der Waals surface area contributed by atoms with Gasteiger partial charge in [-0.15, -0.1) is 0 Å². The molecule has 0 fully saturated rings. The van der Waals surface area contributed by atoms with Crippen LogP contribution in [0.4, 0.5) is 5.69 Å². The third kappa shape index (κ3) is 5.53. The number of allylic oxidation sites excluding steroid dienone is 1. The van der Waals surface area contributed by atoms with Crippen LogP contribution in [0.5, 0.6) is 0 Å². The fourth-order valence-corrected chi connectivity index (χ4v) is 3.83. The summed E-state index contributed by atoms with van der Waals surface area (Å²) in [6.45, 7) is 9.36. The maximum Gasteiger partial charge on any atom is 0.0872 e. The molecule has 0 saturated carbocycles. The van der Waals surface area contributed by atoms with Crippen LogP contribution in [-0.4, -0.2) is 12.3 Å². The lowest BCUT2D eigenvalue weighted by Gasteiger charge is -2.25. The third-order valence-corrected chi connectivity index (χ3v) is 5.56. The molecule has 4 nitrogen and oxygen atoms in total. The van der Waals surface area contributed by atoms with E-state index in [1.165, 1.54) is 24.0 Å². The molecule has 2 aromatic carbocycles. The van der Waals surface area contributed by atoms with Crippen molar-refractivity contribution in [2.75, 3.05) is 11.6 Å². The van der Waals surface area contributed by atoms with Crippen LogP contribution in [0.3, 0.4) is 0 Å². The summed E-state index contributed by atoms with van der Waals surface area (Å²) in [5, 5.41) is 8.03. The highest BCUT2D eigenvalue weighted by molar-refractivity contribution is 6.36. The molecular weight excluding hydrogens is 403 g/mol. The van der Waals surface area contributed by atoms with Crippen LogP contribution in [-0.2, 0) is 0 Å². The van der Waals surface area contributed by atoms with E-state index in [9.17, 15) is 0 Å². The fourth-order valence-electron chi connectivity index (χ4n) is 3.33. The molecule has 29 heavy (non-hydrogen) atoms. The Morgan fingerprint density at radius 1 is 1.17 bits per heavy atom. The number of hydrogen-bond acceptors (Lipinski definition) is 4. The van der Waals surface area contributed by atoms with Crippen molar-refractivity contribution in [3.05, 3.63) is 75.9 Å². The molecule has 154 valence electrons. The molecule has 0 aromatic heterocycles. The van der Waals surface area contributed by atoms with Gasteiger partial charge in [0, 0.05) is 18.0 Å². The molecule has 0 saturated heterocycles. The Balaban J connectivity index is 1.81. The van der Waals surface area contributed by atoms with Gasteiger partial charge < -0.3 is 5.43 Å². The number of halogens is 2. The third-order valence-electron chi connectivity index (χ3n) is 5.02. The number of aryl methyl sites for hydroxylation is 1. The molecule has 0 bridgehead atoms. The Morgan fingerprint density at radius 3 is 2.62 bits per heavy atom. The number of hydrazine groups is 1. The fraction of sp³-hybridized carbons (Fsp3) is 0.348. The average molecular weight is 431 g/mol. The van der Waals surface area contributed by atoms with Crippen molar-refractivity contribution in [1.82, 2.24) is 10.9 Å². The van der Waals surface area contributed by atoms with Crippen LogP contribution in [0, 0.1) is 6.92 Å². The van der Waals surface area contributed by atoms with E-state index in [2.05, 4.69) is 55.5 Å². The number of anilines is 1. The minimum absolute atomic E-state index is 0.0444. The molecule has 1 unspecified atom stereocenters. The van der Waals surface area contributed by atoms with Crippen molar-refractivity contribution >= 4 is 34.6 Å². The van der Waals surface area contributed by atoms with Crippen molar-refractivity contribution in [3.63, 3.8) is 0 Å². The molecule has 1 aliphatic rings. The van der Waals surface area contributed by atoms with E-state index in [1.54, 1.807) is 6.07 Å². The van der Waals surface area contributed by atoms with Crippen molar-refractivity contribution in [1.29, 1.82) is 0 Å². The van der Waals surface area contributed by atoms with Crippen molar-refractivity contribution < 1.29 is 0 Å². The second-order valence-corrected chi connectivity index (χ2v) is 8.20. The molecule has 6 heteroatoms. The second-order valence-electron chi connectivity index (χ2n) is 7.36. The molecule has 0 aliphatic carbocycles. The quantitative estimate of drug-likeness (QED) is 0.356. The van der Waals surface area contributed by atoms with Crippen LogP contribution in [0.25, 0.3) is 0 Å². The summed E-state index contributed by atoms with van der Waals surface area (Å²) in [6, 6.07) is 14.1. The van der Waals surface area contributed by atoms with E-state index in [4.69, 9.17) is 28.3 Å². The number of hydrazone groups is 1. The monoisotopic (exact) mass is 430 g/mol. The lowest BCUT2D eigenvalue weighted by Crippen LogP contribution is -2.34. The Kier molecular flexibility index (Phi) is 7.59. The van der Waals surface area contributed by atoms with E-state index in [0.29, 0.717) is 10.0 Å². The lowest BCUT2D eigenvalue weighted by molar-refractivity contribution is 0.569. The van der Waals surface area contributed by atoms with Gasteiger partial charge in [0.1, 0.15) is 0 Å². The van der Waals surface area contributed by atoms with Crippen molar-refractivity contribution in [2.45, 2.75) is 45.6 Å². The molecule has 0 amide bonds. The minimum atomic E-state index is 0.0444. The SMILES string of the molecule is C=C(NNCCCCC)C1=NN(c2ccc(Cl)cc2Cl)C(c2ccc(C)cc2)C1. The first-order valence-corrected chi connectivity index (χ1v) is 10.8. The summed E-state index contributed by atoms with van der Waals surface area (Å²) >= 11 is 12.6. The maximum absolute atomic E-state index is 6.50. The number of rotatable bonds is 9. The smallest absolute Gasteiger partial charge is 0.0872 e. The largest absolute Gasteiger partial charge is 0.320 e. The number of benzene rings is 2. The van der Waals surface area contributed by atoms with E-state index in [-0.39, 0.29) is 6.04 Å². The summed E-state index contributed by atoms with van der Waals surface area (Å²) in [6.07, 6.45) is 4.27. The number of nitrogens with one attached hydrogen (secondary N) is 2. The van der Waals surface area contributed by atoms with E-state index < -0.39 is 0 Å². The normalized spacial score (nSPS) is 16.1. The standard InChI is InChI=1S/C23H28Cl2N4/c1-4-5-6-13-26-27-17(3)21-15-23(18-9-7-16(2)8-10-18)29(28-21)22-12-11-19(24)14-20(22)25/h7-12,14,23,26-27H,3-6,13,15H2,1-2H3. The van der Waals surface area contributed by atoms with Gasteiger partial charge >= 0.3 is 0 Å². The van der Waals surface area contributed by atoms with Gasteiger partial charge in [-0.25, -0.2) is 5.43 Å². The number of nitrogens with zero attached hydrogens (tertiary/aromatic N) is 2. The highest BCUT2D eigenvalue weighted by Crippen LogP contribution is 2.40. The molecule has 0 radical (unpaired) electrons. The highest BCUT2D eigenvalue weighted by Gasteiger charge is 2.31. The summed E-state index contributed by atoms with van der Waals surface area (Å²) in [5.74, 6) is 0. The predicted molar refractivity (Wildman–Crippen MR) is 125 cm³/mol. The zero-order valence-corrected chi connectivity index (χ0v) is 18.5. The van der Waals surface area contributed by atoms with E-state index >= 15 is 0 Å². The zero-order chi connectivity index (χ0) is 20.8. The van der Waals surface area contributed by atoms with Gasteiger partial charge in [-0.2, -0.15) is 5.10 Å². The predicted octanol–water partition coefficient (Wildman–Crippen LogP) is 6.41. The van der Waals surface area contributed by atoms with Gasteiger partial charge in [0.25, 0.3) is 0 Å². The van der Waals surface area contributed by atoms with Crippen LogP contribution in [0.1, 0.15) is 49.8 Å². The van der Waals surface area contributed by atoms with Crippen LogP contribution in [0.2, 0.25) is 10.0 Å². The molecule has 1 atom stereocenters. The van der Waals surface area contributed by atoms with E-state index in [1.807, 2.05) is 17.1 Å². The first-order chi connectivity index (χ1) is 14.0. The minimum Gasteiger partial charge on any atom is -0.320 e. The number of unbranched alkanes of at least 4 members (excludes halogenated alkanes) is 2. The van der Waals surface area contributed by atoms with Crippen LogP contribution in [0.15, 0.2) is 59.8 Å². The summed E-state index contributed by atoms with van der Waals surface area (Å²) in [4.78, 5) is 0. The van der Waals surface area contributed by atoms with Gasteiger partial charge in [-0.05, 0) is 37.1 Å². The molecular formula is C23H28Cl2N4. The molecule has 3 rings (SSSR count). The van der Waals surface area contributed by atoms with Crippen molar-refractivity contribution in [2.24, 2.45) is 5.10 Å². The maximum atomic E-state index is 6.50. The highest BCUT2D eigenvalue weighted by atomic mass is 35.5. The molecule has 1 heterocycles. The summed E-state index contributed by atoms with van der Waals surface area (Å²) < 4.78 is 0. The van der Waals surface area contributed by atoms with Gasteiger partial charge in [0.15, 0.2) is 0 Å². The average Bonchev–Trinajstić information content (AvgIpc) is 3.13. The van der Waals surface area contributed by atoms with Gasteiger partial charge in [-0.3, -0.25) is 5.01 Å². The molecule has 0 spiro atoms. The lowest BCUT2D eigenvalue weighted by atomic mass is 9.99. The Labute approximate surface area is 183 Å². The van der Waals surface area contributed by atoms with Crippen LogP contribution >= 0.6 is 23.2 Å². The van der Waals surface area contributed by atoms with Crippen LogP contribution < -0.4 is 15.9 Å². The Morgan fingerprint density at radius 2 is 1.93 bits per heavy atom. The van der Waals surface area contributed by atoms with Gasteiger partial charge in [0.2, 0.25) is 0 Å².